The lowest BCUT2D eigenvalue weighted by molar-refractivity contribution is -0.185. The second kappa shape index (κ2) is 8.46. The van der Waals surface area contributed by atoms with Crippen molar-refractivity contribution >= 4 is 5.91 Å². The summed E-state index contributed by atoms with van der Waals surface area (Å²) < 4.78 is 6.53. The van der Waals surface area contributed by atoms with E-state index in [1.165, 1.54) is 5.56 Å². The van der Waals surface area contributed by atoms with Crippen LogP contribution < -0.4 is 0 Å². The molecule has 2 aliphatic heterocycles. The third-order valence-corrected chi connectivity index (χ3v) is 6.16. The Bertz CT molecular complexity index is 769. The van der Waals surface area contributed by atoms with Crippen LogP contribution in [0.1, 0.15) is 49.3 Å². The molecular weight excluding hydrogens is 350 g/mol. The maximum absolute atomic E-state index is 12.6. The Labute approximate surface area is 167 Å². The molecule has 1 N–H and O–H groups in total. The molecule has 2 aromatic rings. The summed E-state index contributed by atoms with van der Waals surface area (Å²) in [5.41, 5.74) is 2.02. The first-order valence-electron chi connectivity index (χ1n) is 10.4. The third-order valence-electron chi connectivity index (χ3n) is 6.16. The van der Waals surface area contributed by atoms with Gasteiger partial charge in [0.25, 0.3) is 0 Å². The van der Waals surface area contributed by atoms with Crippen LogP contribution in [-0.4, -0.2) is 40.7 Å². The maximum Gasteiger partial charge on any atom is 0.222 e. The number of aliphatic hydroxyl groups is 1. The van der Waals surface area contributed by atoms with Gasteiger partial charge >= 0.3 is 0 Å². The molecule has 2 aromatic carbocycles. The first kappa shape index (κ1) is 19.2. The minimum atomic E-state index is -0.348. The number of ether oxygens (including phenoxy) is 1. The van der Waals surface area contributed by atoms with Crippen molar-refractivity contribution in [1.82, 2.24) is 4.90 Å². The summed E-state index contributed by atoms with van der Waals surface area (Å²) in [7, 11) is 0. The molecule has 0 saturated carbocycles. The number of hydrogen-bond acceptors (Lipinski definition) is 3. The van der Waals surface area contributed by atoms with Gasteiger partial charge in [0.2, 0.25) is 5.91 Å². The zero-order valence-electron chi connectivity index (χ0n) is 16.3. The number of aliphatic hydroxyl groups excluding tert-OH is 1. The lowest BCUT2D eigenvalue weighted by Crippen LogP contribution is -2.52. The summed E-state index contributed by atoms with van der Waals surface area (Å²) in [4.78, 5) is 14.6. The predicted molar refractivity (Wildman–Crippen MR) is 109 cm³/mol. The van der Waals surface area contributed by atoms with E-state index in [0.29, 0.717) is 32.4 Å². The van der Waals surface area contributed by atoms with Crippen LogP contribution in [0, 0.1) is 0 Å². The van der Waals surface area contributed by atoms with Crippen LogP contribution in [-0.2, 0) is 16.0 Å². The van der Waals surface area contributed by atoms with Crippen molar-refractivity contribution in [3.8, 4) is 0 Å². The largest absolute Gasteiger partial charge is 0.393 e. The van der Waals surface area contributed by atoms with Gasteiger partial charge in [0.1, 0.15) is 0 Å². The van der Waals surface area contributed by atoms with E-state index in [4.69, 9.17) is 4.74 Å². The summed E-state index contributed by atoms with van der Waals surface area (Å²) in [5, 5.41) is 10.5. The van der Waals surface area contributed by atoms with Crippen LogP contribution >= 0.6 is 0 Å². The molecule has 0 bridgehead atoms. The molecule has 1 amide bonds. The highest BCUT2D eigenvalue weighted by Crippen LogP contribution is 2.43. The molecule has 4 rings (SSSR count). The van der Waals surface area contributed by atoms with E-state index < -0.39 is 0 Å². The zero-order chi connectivity index (χ0) is 19.4. The summed E-state index contributed by atoms with van der Waals surface area (Å²) in [5.74, 6) is 0.217. The highest BCUT2D eigenvalue weighted by molar-refractivity contribution is 5.76. The van der Waals surface area contributed by atoms with Gasteiger partial charge in [0.05, 0.1) is 17.8 Å². The van der Waals surface area contributed by atoms with Crippen molar-refractivity contribution in [2.24, 2.45) is 0 Å². The standard InChI is InChI=1S/C24H29NO3/c26-21-17-22(20-9-5-2-6-10-20)28-24(18-21)13-15-25(16-14-24)23(27)12-11-19-7-3-1-4-8-19/h1-10,21-22,26H,11-18H2/t21-,22-/m1/s1. The van der Waals surface area contributed by atoms with Crippen LogP contribution in [0.3, 0.4) is 0 Å². The van der Waals surface area contributed by atoms with Gasteiger partial charge in [-0.15, -0.1) is 0 Å². The van der Waals surface area contributed by atoms with E-state index in [2.05, 4.69) is 24.3 Å². The Hall–Kier alpha value is -2.17. The number of hydrogen-bond donors (Lipinski definition) is 1. The Morgan fingerprint density at radius 1 is 1.04 bits per heavy atom. The van der Waals surface area contributed by atoms with Crippen LogP contribution in [0.25, 0.3) is 0 Å². The smallest absolute Gasteiger partial charge is 0.222 e. The van der Waals surface area contributed by atoms with Crippen molar-refractivity contribution < 1.29 is 14.6 Å². The zero-order valence-corrected chi connectivity index (χ0v) is 16.3. The molecule has 2 aliphatic rings. The topological polar surface area (TPSA) is 49.8 Å². The Morgan fingerprint density at radius 2 is 1.68 bits per heavy atom. The first-order valence-corrected chi connectivity index (χ1v) is 10.4. The summed E-state index contributed by atoms with van der Waals surface area (Å²) >= 11 is 0. The number of likely N-dealkylation sites (tertiary alicyclic amines) is 1. The van der Waals surface area contributed by atoms with E-state index in [0.717, 1.165) is 24.8 Å². The van der Waals surface area contributed by atoms with Crippen molar-refractivity contribution in [3.05, 3.63) is 71.8 Å². The van der Waals surface area contributed by atoms with E-state index in [-0.39, 0.29) is 23.7 Å². The third kappa shape index (κ3) is 4.45. The molecule has 4 heteroatoms. The molecule has 1 spiro atoms. The number of nitrogens with zero attached hydrogens (tertiary/aromatic N) is 1. The van der Waals surface area contributed by atoms with Gasteiger partial charge in [0.15, 0.2) is 0 Å². The highest BCUT2D eigenvalue weighted by Gasteiger charge is 2.44. The molecule has 2 heterocycles. The number of rotatable bonds is 4. The molecule has 148 valence electrons. The molecule has 2 saturated heterocycles. The SMILES string of the molecule is O=C(CCc1ccccc1)N1CCC2(CC1)C[C@H](O)C[C@H](c1ccccc1)O2. The lowest BCUT2D eigenvalue weighted by Gasteiger charge is -2.48. The van der Waals surface area contributed by atoms with Gasteiger partial charge < -0.3 is 14.7 Å². The van der Waals surface area contributed by atoms with Gasteiger partial charge in [-0.3, -0.25) is 4.79 Å². The van der Waals surface area contributed by atoms with Gasteiger partial charge in [0, 0.05) is 32.4 Å². The number of aryl methyl sites for hydroxylation is 1. The fraction of sp³-hybridized carbons (Fsp3) is 0.458. The summed E-state index contributed by atoms with van der Waals surface area (Å²) in [6, 6.07) is 20.3. The average molecular weight is 380 g/mol. The Morgan fingerprint density at radius 3 is 2.36 bits per heavy atom. The molecule has 4 nitrogen and oxygen atoms in total. The number of amides is 1. The van der Waals surface area contributed by atoms with Gasteiger partial charge in [-0.05, 0) is 30.4 Å². The minimum Gasteiger partial charge on any atom is -0.393 e. The van der Waals surface area contributed by atoms with Crippen LogP contribution in [0.15, 0.2) is 60.7 Å². The monoisotopic (exact) mass is 379 g/mol. The predicted octanol–water partition coefficient (Wildman–Crippen LogP) is 3.89. The Balaban J connectivity index is 1.34. The van der Waals surface area contributed by atoms with E-state index >= 15 is 0 Å². The summed E-state index contributed by atoms with van der Waals surface area (Å²) in [6.45, 7) is 1.42. The maximum atomic E-state index is 12.6. The van der Waals surface area contributed by atoms with E-state index in [1.807, 2.05) is 41.3 Å². The lowest BCUT2D eigenvalue weighted by atomic mass is 9.81. The van der Waals surface area contributed by atoms with E-state index in [9.17, 15) is 9.90 Å². The minimum absolute atomic E-state index is 0.0646. The fourth-order valence-corrected chi connectivity index (χ4v) is 4.57. The van der Waals surface area contributed by atoms with E-state index in [1.54, 1.807) is 0 Å². The van der Waals surface area contributed by atoms with Crippen molar-refractivity contribution in [2.75, 3.05) is 13.1 Å². The fourth-order valence-electron chi connectivity index (χ4n) is 4.57. The number of carbonyl (C=O) groups is 1. The highest BCUT2D eigenvalue weighted by atomic mass is 16.5. The first-order chi connectivity index (χ1) is 13.6. The normalized spacial score (nSPS) is 24.2. The molecule has 0 unspecified atom stereocenters. The molecule has 0 radical (unpaired) electrons. The molecular formula is C24H29NO3. The quantitative estimate of drug-likeness (QED) is 0.877. The van der Waals surface area contributed by atoms with Gasteiger partial charge in [-0.2, -0.15) is 0 Å². The summed E-state index contributed by atoms with van der Waals surface area (Å²) in [6.07, 6.45) is 3.83. The van der Waals surface area contributed by atoms with Crippen LogP contribution in [0.2, 0.25) is 0 Å². The van der Waals surface area contributed by atoms with Crippen molar-refractivity contribution in [2.45, 2.75) is 56.3 Å². The van der Waals surface area contributed by atoms with Crippen molar-refractivity contribution in [3.63, 3.8) is 0 Å². The molecule has 2 atom stereocenters. The molecule has 2 fully saturated rings. The van der Waals surface area contributed by atoms with Crippen LogP contribution in [0.4, 0.5) is 0 Å². The Kier molecular flexibility index (Phi) is 5.79. The van der Waals surface area contributed by atoms with Gasteiger partial charge in [-0.1, -0.05) is 60.7 Å². The van der Waals surface area contributed by atoms with Crippen molar-refractivity contribution in [1.29, 1.82) is 0 Å². The van der Waals surface area contributed by atoms with Gasteiger partial charge in [-0.25, -0.2) is 0 Å². The average Bonchev–Trinajstić information content (AvgIpc) is 2.73. The molecule has 28 heavy (non-hydrogen) atoms. The second-order valence-electron chi connectivity index (χ2n) is 8.16. The number of carbonyl (C=O) groups excluding carboxylic acids is 1. The van der Waals surface area contributed by atoms with Crippen LogP contribution in [0.5, 0.6) is 0 Å². The number of piperidine rings is 1. The number of benzene rings is 2. The second-order valence-corrected chi connectivity index (χ2v) is 8.16. The molecule has 0 aromatic heterocycles. The molecule has 0 aliphatic carbocycles.